The van der Waals surface area contributed by atoms with Crippen LogP contribution in [-0.4, -0.2) is 34.0 Å². The Morgan fingerprint density at radius 1 is 1.07 bits per heavy atom. The Morgan fingerprint density at radius 2 is 1.78 bits per heavy atom. The van der Waals surface area contributed by atoms with E-state index < -0.39 is 0 Å². The summed E-state index contributed by atoms with van der Waals surface area (Å²) in [5.41, 5.74) is 1.93. The molecule has 1 saturated heterocycles. The fraction of sp³-hybridized carbons (Fsp3) is 0.286. The van der Waals surface area contributed by atoms with Crippen LogP contribution in [0.1, 0.15) is 30.2 Å². The highest BCUT2D eigenvalue weighted by Gasteiger charge is 2.27. The van der Waals surface area contributed by atoms with E-state index in [0.717, 1.165) is 37.1 Å². The van der Waals surface area contributed by atoms with Gasteiger partial charge < -0.3 is 9.42 Å². The molecule has 3 aromatic rings. The van der Waals surface area contributed by atoms with Gasteiger partial charge in [0.05, 0.1) is 6.42 Å². The van der Waals surface area contributed by atoms with Crippen molar-refractivity contribution >= 4 is 17.5 Å². The first-order chi connectivity index (χ1) is 13.2. The van der Waals surface area contributed by atoms with Crippen molar-refractivity contribution in [1.29, 1.82) is 0 Å². The lowest BCUT2D eigenvalue weighted by Gasteiger charge is -2.30. The summed E-state index contributed by atoms with van der Waals surface area (Å²) in [5.74, 6) is 1.59. The molecule has 0 aliphatic carbocycles. The molecule has 0 saturated carbocycles. The highest BCUT2D eigenvalue weighted by molar-refractivity contribution is 6.30. The predicted molar refractivity (Wildman–Crippen MR) is 103 cm³/mol. The Bertz CT molecular complexity index is 901. The smallest absolute Gasteiger partial charge is 0.230 e. The molecule has 1 amide bonds. The molecule has 4 rings (SSSR count). The number of amides is 1. The molecule has 138 valence electrons. The van der Waals surface area contributed by atoms with Gasteiger partial charge in [0.2, 0.25) is 17.6 Å². The largest absolute Gasteiger partial charge is 0.342 e. The van der Waals surface area contributed by atoms with Crippen LogP contribution in [0.5, 0.6) is 0 Å². The van der Waals surface area contributed by atoms with Gasteiger partial charge in [0, 0.05) is 29.6 Å². The molecule has 6 heteroatoms. The van der Waals surface area contributed by atoms with Crippen LogP contribution in [0.2, 0.25) is 5.02 Å². The van der Waals surface area contributed by atoms with Crippen molar-refractivity contribution in [3.63, 3.8) is 0 Å². The molecule has 1 aliphatic rings. The number of aromatic nitrogens is 2. The second-order valence-electron chi connectivity index (χ2n) is 6.78. The normalized spacial score (nSPS) is 15.1. The minimum absolute atomic E-state index is 0.173. The maximum atomic E-state index is 12.5. The van der Waals surface area contributed by atoms with Crippen LogP contribution in [0.4, 0.5) is 0 Å². The highest BCUT2D eigenvalue weighted by Crippen LogP contribution is 2.29. The average molecular weight is 382 g/mol. The monoisotopic (exact) mass is 381 g/mol. The van der Waals surface area contributed by atoms with Crippen molar-refractivity contribution in [2.45, 2.75) is 25.2 Å². The molecule has 5 nitrogen and oxygen atoms in total. The van der Waals surface area contributed by atoms with Gasteiger partial charge in [-0.05, 0) is 42.7 Å². The number of benzene rings is 2. The van der Waals surface area contributed by atoms with Gasteiger partial charge in [-0.3, -0.25) is 4.79 Å². The van der Waals surface area contributed by atoms with Crippen LogP contribution >= 0.6 is 11.6 Å². The van der Waals surface area contributed by atoms with Crippen molar-refractivity contribution in [2.24, 2.45) is 0 Å². The molecular weight excluding hydrogens is 362 g/mol. The van der Waals surface area contributed by atoms with E-state index in [4.69, 9.17) is 16.1 Å². The molecule has 2 heterocycles. The number of piperidine rings is 1. The van der Waals surface area contributed by atoms with Gasteiger partial charge in [0.25, 0.3) is 0 Å². The minimum Gasteiger partial charge on any atom is -0.342 e. The third kappa shape index (κ3) is 4.19. The second kappa shape index (κ2) is 7.92. The van der Waals surface area contributed by atoms with E-state index in [1.54, 1.807) is 0 Å². The van der Waals surface area contributed by atoms with Gasteiger partial charge >= 0.3 is 0 Å². The fourth-order valence-corrected chi connectivity index (χ4v) is 3.50. The summed E-state index contributed by atoms with van der Waals surface area (Å²) >= 11 is 5.92. The number of carbonyl (C=O) groups is 1. The van der Waals surface area contributed by atoms with Crippen LogP contribution in [0.25, 0.3) is 11.4 Å². The number of hydrogen-bond acceptors (Lipinski definition) is 4. The molecule has 1 fully saturated rings. The van der Waals surface area contributed by atoms with Crippen molar-refractivity contribution in [1.82, 2.24) is 15.0 Å². The van der Waals surface area contributed by atoms with Crippen LogP contribution in [0.3, 0.4) is 0 Å². The Kier molecular flexibility index (Phi) is 5.21. The second-order valence-corrected chi connectivity index (χ2v) is 7.22. The summed E-state index contributed by atoms with van der Waals surface area (Å²) < 4.78 is 5.48. The molecule has 0 radical (unpaired) electrons. The van der Waals surface area contributed by atoms with Gasteiger partial charge in [-0.2, -0.15) is 4.98 Å². The van der Waals surface area contributed by atoms with E-state index in [1.165, 1.54) is 0 Å². The average Bonchev–Trinajstić information content (AvgIpc) is 3.20. The Balaban J connectivity index is 1.35. The van der Waals surface area contributed by atoms with Crippen molar-refractivity contribution < 1.29 is 9.32 Å². The summed E-state index contributed by atoms with van der Waals surface area (Å²) in [6.07, 6.45) is 2.12. The number of likely N-dealkylation sites (tertiary alicyclic amines) is 1. The number of nitrogens with zero attached hydrogens (tertiary/aromatic N) is 3. The van der Waals surface area contributed by atoms with Crippen LogP contribution in [-0.2, 0) is 11.2 Å². The maximum Gasteiger partial charge on any atom is 0.230 e. The third-order valence-corrected chi connectivity index (χ3v) is 5.19. The maximum absolute atomic E-state index is 12.5. The summed E-state index contributed by atoms with van der Waals surface area (Å²) in [5, 5.41) is 4.77. The van der Waals surface area contributed by atoms with E-state index >= 15 is 0 Å². The molecular formula is C21H20ClN3O2. The minimum atomic E-state index is 0.173. The molecule has 27 heavy (non-hydrogen) atoms. The summed E-state index contributed by atoms with van der Waals surface area (Å²) in [6.45, 7) is 1.43. The van der Waals surface area contributed by atoms with Crippen LogP contribution in [0.15, 0.2) is 59.1 Å². The zero-order chi connectivity index (χ0) is 18.6. The van der Waals surface area contributed by atoms with E-state index in [9.17, 15) is 4.79 Å². The molecule has 2 aromatic carbocycles. The van der Waals surface area contributed by atoms with Crippen molar-refractivity contribution in [3.05, 3.63) is 71.1 Å². The lowest BCUT2D eigenvalue weighted by atomic mass is 9.96. The Morgan fingerprint density at radius 3 is 2.48 bits per heavy atom. The lowest BCUT2D eigenvalue weighted by Crippen LogP contribution is -2.38. The quantitative estimate of drug-likeness (QED) is 0.674. The van der Waals surface area contributed by atoms with Crippen molar-refractivity contribution in [3.8, 4) is 11.4 Å². The number of rotatable bonds is 4. The SMILES string of the molecule is O=C(Cc1ccccc1)N1CCC(c2nc(-c3ccc(Cl)cc3)no2)CC1. The van der Waals surface area contributed by atoms with E-state index in [-0.39, 0.29) is 11.8 Å². The summed E-state index contributed by atoms with van der Waals surface area (Å²) in [7, 11) is 0. The van der Waals surface area contributed by atoms with Crippen LogP contribution < -0.4 is 0 Å². The summed E-state index contributed by atoms with van der Waals surface area (Å²) in [6, 6.07) is 17.2. The van der Waals surface area contributed by atoms with Crippen molar-refractivity contribution in [2.75, 3.05) is 13.1 Å². The van der Waals surface area contributed by atoms with Gasteiger partial charge in [-0.15, -0.1) is 0 Å². The van der Waals surface area contributed by atoms with Gasteiger partial charge in [0.1, 0.15) is 0 Å². The molecule has 0 spiro atoms. The molecule has 0 bridgehead atoms. The standard InChI is InChI=1S/C21H20ClN3O2/c22-18-8-6-16(7-9-18)20-23-21(27-24-20)17-10-12-25(13-11-17)19(26)14-15-4-2-1-3-5-15/h1-9,17H,10-14H2. The first kappa shape index (κ1) is 17.7. The predicted octanol–water partition coefficient (Wildman–Crippen LogP) is 4.34. The zero-order valence-corrected chi connectivity index (χ0v) is 15.6. The summed E-state index contributed by atoms with van der Waals surface area (Å²) in [4.78, 5) is 19.0. The molecule has 0 unspecified atom stereocenters. The number of carbonyl (C=O) groups excluding carboxylic acids is 1. The van der Waals surface area contributed by atoms with Gasteiger partial charge in [0.15, 0.2) is 0 Å². The van der Waals surface area contributed by atoms with E-state index in [2.05, 4.69) is 10.1 Å². The lowest BCUT2D eigenvalue weighted by molar-refractivity contribution is -0.131. The Labute approximate surface area is 163 Å². The molecule has 1 aromatic heterocycles. The topological polar surface area (TPSA) is 59.2 Å². The number of halogens is 1. The third-order valence-electron chi connectivity index (χ3n) is 4.94. The first-order valence-corrected chi connectivity index (χ1v) is 9.48. The number of hydrogen-bond donors (Lipinski definition) is 0. The Hall–Kier alpha value is -2.66. The van der Waals surface area contributed by atoms with Gasteiger partial charge in [-0.25, -0.2) is 0 Å². The first-order valence-electron chi connectivity index (χ1n) is 9.10. The fourth-order valence-electron chi connectivity index (χ4n) is 3.38. The van der Waals surface area contributed by atoms with E-state index in [0.29, 0.717) is 23.2 Å². The van der Waals surface area contributed by atoms with Crippen LogP contribution in [0, 0.1) is 0 Å². The molecule has 0 atom stereocenters. The van der Waals surface area contributed by atoms with E-state index in [1.807, 2.05) is 59.5 Å². The highest BCUT2D eigenvalue weighted by atomic mass is 35.5. The molecule has 1 aliphatic heterocycles. The van der Waals surface area contributed by atoms with Gasteiger partial charge in [-0.1, -0.05) is 47.1 Å². The molecule has 0 N–H and O–H groups in total. The zero-order valence-electron chi connectivity index (χ0n) is 14.8.